The zero-order valence-electron chi connectivity index (χ0n) is 13.0. The van der Waals surface area contributed by atoms with Crippen molar-refractivity contribution in [3.63, 3.8) is 0 Å². The van der Waals surface area contributed by atoms with E-state index in [0.717, 1.165) is 0 Å². The van der Waals surface area contributed by atoms with E-state index in [1.54, 1.807) is 0 Å². The van der Waals surface area contributed by atoms with E-state index >= 15 is 0 Å². The number of hydrogen-bond acceptors (Lipinski definition) is 4. The van der Waals surface area contributed by atoms with Crippen LogP contribution in [-0.2, 0) is 14.8 Å². The number of carbonyl (C=O) groups is 1. The zero-order chi connectivity index (χ0) is 16.3. The van der Waals surface area contributed by atoms with E-state index in [-0.39, 0.29) is 10.8 Å². The number of sulfonamides is 1. The summed E-state index contributed by atoms with van der Waals surface area (Å²) in [6, 6.07) is 4.33. The molecule has 21 heavy (non-hydrogen) atoms. The number of hydrogen-bond donors (Lipinski definition) is 2. The van der Waals surface area contributed by atoms with E-state index in [9.17, 15) is 13.2 Å². The van der Waals surface area contributed by atoms with Gasteiger partial charge in [-0.15, -0.1) is 0 Å². The molecule has 0 spiro atoms. The monoisotopic (exact) mass is 314 g/mol. The van der Waals surface area contributed by atoms with Gasteiger partial charge in [0.1, 0.15) is 5.75 Å². The lowest BCUT2D eigenvalue weighted by atomic mass is 10.0. The zero-order valence-corrected chi connectivity index (χ0v) is 13.8. The highest BCUT2D eigenvalue weighted by atomic mass is 32.2. The first kappa shape index (κ1) is 17.5. The molecule has 0 heterocycles. The second kappa shape index (κ2) is 6.44. The highest BCUT2D eigenvalue weighted by Gasteiger charge is 2.25. The normalized spacial score (nSPS) is 12.0. The molecule has 0 bridgehead atoms. The molecule has 0 aliphatic carbocycles. The van der Waals surface area contributed by atoms with Gasteiger partial charge in [0, 0.05) is 18.5 Å². The lowest BCUT2D eigenvalue weighted by Gasteiger charge is -2.24. The van der Waals surface area contributed by atoms with Crippen LogP contribution in [0.2, 0.25) is 0 Å². The number of nitrogens with one attached hydrogen (secondary N) is 2. The smallest absolute Gasteiger partial charge is 0.241 e. The van der Waals surface area contributed by atoms with Crippen molar-refractivity contribution >= 4 is 21.6 Å². The Labute approximate surface area is 125 Å². The van der Waals surface area contributed by atoms with Gasteiger partial charge < -0.3 is 10.1 Å². The molecule has 1 rings (SSSR count). The Hall–Kier alpha value is -1.60. The molecule has 0 radical (unpaired) electrons. The summed E-state index contributed by atoms with van der Waals surface area (Å²) in [4.78, 5) is 11.2. The highest BCUT2D eigenvalue weighted by molar-refractivity contribution is 7.89. The fraction of sp³-hybridized carbons (Fsp3) is 0.500. The van der Waals surface area contributed by atoms with Crippen LogP contribution >= 0.6 is 0 Å². The van der Waals surface area contributed by atoms with Gasteiger partial charge in [-0.3, -0.25) is 4.79 Å². The van der Waals surface area contributed by atoms with Crippen molar-refractivity contribution in [3.8, 4) is 5.75 Å². The number of anilines is 1. The van der Waals surface area contributed by atoms with E-state index in [4.69, 9.17) is 4.74 Å². The standard InChI is InChI=1S/C14H22N2O4S/c1-6-14(3,4)16-21(18,19)11-7-8-12(15-10(2)17)13(9-11)20-5/h7-9,16H,6H2,1-5H3,(H,15,17). The molecule has 1 aromatic rings. The molecule has 0 saturated carbocycles. The van der Waals surface area contributed by atoms with Gasteiger partial charge in [0.15, 0.2) is 0 Å². The largest absolute Gasteiger partial charge is 0.495 e. The van der Waals surface area contributed by atoms with Crippen LogP contribution in [0.4, 0.5) is 5.69 Å². The molecule has 0 unspecified atom stereocenters. The number of carbonyl (C=O) groups excluding carboxylic acids is 1. The Balaban J connectivity index is 3.17. The third kappa shape index (κ3) is 4.71. The summed E-state index contributed by atoms with van der Waals surface area (Å²) in [5.74, 6) is 0.0385. The highest BCUT2D eigenvalue weighted by Crippen LogP contribution is 2.28. The Morgan fingerprint density at radius 2 is 1.95 bits per heavy atom. The van der Waals surface area contributed by atoms with E-state index in [0.29, 0.717) is 17.9 Å². The third-order valence-corrected chi connectivity index (χ3v) is 4.78. The molecule has 0 aliphatic heterocycles. The summed E-state index contributed by atoms with van der Waals surface area (Å²) in [6.45, 7) is 6.90. The molecule has 0 aliphatic rings. The molecule has 6 nitrogen and oxygen atoms in total. The molecule has 0 aromatic heterocycles. The summed E-state index contributed by atoms with van der Waals surface area (Å²) in [5.41, 5.74) is -0.110. The first-order valence-corrected chi connectivity index (χ1v) is 8.09. The van der Waals surface area contributed by atoms with Crippen molar-refractivity contribution in [2.24, 2.45) is 0 Å². The number of amides is 1. The van der Waals surface area contributed by atoms with Gasteiger partial charge in [0.2, 0.25) is 15.9 Å². The molecular formula is C14H22N2O4S. The van der Waals surface area contributed by atoms with Crippen LogP contribution in [-0.4, -0.2) is 27.0 Å². The minimum atomic E-state index is -3.65. The molecule has 0 fully saturated rings. The number of methoxy groups -OCH3 is 1. The number of benzene rings is 1. The predicted molar refractivity (Wildman–Crippen MR) is 82.0 cm³/mol. The quantitative estimate of drug-likeness (QED) is 0.842. The van der Waals surface area contributed by atoms with Gasteiger partial charge in [-0.1, -0.05) is 6.92 Å². The minimum Gasteiger partial charge on any atom is -0.495 e. The van der Waals surface area contributed by atoms with Crippen molar-refractivity contribution < 1.29 is 17.9 Å². The molecule has 7 heteroatoms. The molecule has 118 valence electrons. The number of ether oxygens (including phenoxy) is 1. The van der Waals surface area contributed by atoms with Crippen LogP contribution in [0.25, 0.3) is 0 Å². The van der Waals surface area contributed by atoms with Crippen molar-refractivity contribution in [1.82, 2.24) is 4.72 Å². The first-order chi connectivity index (χ1) is 9.61. The lowest BCUT2D eigenvalue weighted by molar-refractivity contribution is -0.114. The Morgan fingerprint density at radius 1 is 1.33 bits per heavy atom. The minimum absolute atomic E-state index is 0.0926. The van der Waals surface area contributed by atoms with Crippen molar-refractivity contribution in [1.29, 1.82) is 0 Å². The maximum absolute atomic E-state index is 12.4. The molecule has 0 saturated heterocycles. The summed E-state index contributed by atoms with van der Waals surface area (Å²) in [6.07, 6.45) is 0.660. The fourth-order valence-corrected chi connectivity index (χ4v) is 3.13. The molecule has 1 aromatic carbocycles. The summed E-state index contributed by atoms with van der Waals surface area (Å²) in [5, 5.41) is 2.58. The van der Waals surface area contributed by atoms with Gasteiger partial charge >= 0.3 is 0 Å². The Morgan fingerprint density at radius 3 is 2.43 bits per heavy atom. The second-order valence-corrected chi connectivity index (χ2v) is 7.07. The SMILES string of the molecule is CCC(C)(C)NS(=O)(=O)c1ccc(NC(C)=O)c(OC)c1. The maximum atomic E-state index is 12.4. The lowest BCUT2D eigenvalue weighted by Crippen LogP contribution is -2.42. The molecule has 0 atom stereocenters. The van der Waals surface area contributed by atoms with E-state index in [2.05, 4.69) is 10.0 Å². The van der Waals surface area contributed by atoms with Gasteiger partial charge in [-0.25, -0.2) is 13.1 Å². The van der Waals surface area contributed by atoms with Crippen LogP contribution in [0.1, 0.15) is 34.1 Å². The summed E-state index contributed by atoms with van der Waals surface area (Å²) < 4.78 is 32.5. The first-order valence-electron chi connectivity index (χ1n) is 6.61. The predicted octanol–water partition coefficient (Wildman–Crippen LogP) is 2.12. The van der Waals surface area contributed by atoms with Gasteiger partial charge in [-0.2, -0.15) is 0 Å². The summed E-state index contributed by atoms with van der Waals surface area (Å²) >= 11 is 0. The summed E-state index contributed by atoms with van der Waals surface area (Å²) in [7, 11) is -2.23. The maximum Gasteiger partial charge on any atom is 0.241 e. The molecule has 1 amide bonds. The Kier molecular flexibility index (Phi) is 5.36. The van der Waals surface area contributed by atoms with Crippen molar-refractivity contribution in [2.45, 2.75) is 44.6 Å². The van der Waals surface area contributed by atoms with Crippen LogP contribution in [0.3, 0.4) is 0 Å². The van der Waals surface area contributed by atoms with Crippen LogP contribution in [0.5, 0.6) is 5.75 Å². The van der Waals surface area contributed by atoms with Crippen LogP contribution < -0.4 is 14.8 Å². The second-order valence-electron chi connectivity index (χ2n) is 5.39. The van der Waals surface area contributed by atoms with Crippen molar-refractivity contribution in [2.75, 3.05) is 12.4 Å². The average molecular weight is 314 g/mol. The Bertz CT molecular complexity index is 624. The van der Waals surface area contributed by atoms with E-state index < -0.39 is 15.6 Å². The van der Waals surface area contributed by atoms with Gasteiger partial charge in [0.05, 0.1) is 17.7 Å². The van der Waals surface area contributed by atoms with E-state index in [1.807, 2.05) is 20.8 Å². The van der Waals surface area contributed by atoms with Crippen LogP contribution in [0, 0.1) is 0 Å². The van der Waals surface area contributed by atoms with Crippen LogP contribution in [0.15, 0.2) is 23.1 Å². The van der Waals surface area contributed by atoms with Gasteiger partial charge in [-0.05, 0) is 32.4 Å². The average Bonchev–Trinajstić information content (AvgIpc) is 2.37. The van der Waals surface area contributed by atoms with Crippen molar-refractivity contribution in [3.05, 3.63) is 18.2 Å². The fourth-order valence-electron chi connectivity index (χ4n) is 1.63. The topological polar surface area (TPSA) is 84.5 Å². The van der Waals surface area contributed by atoms with E-state index in [1.165, 1.54) is 32.2 Å². The number of rotatable bonds is 6. The third-order valence-electron chi connectivity index (χ3n) is 3.09. The molecule has 2 N–H and O–H groups in total. The van der Waals surface area contributed by atoms with Gasteiger partial charge in [0.25, 0.3) is 0 Å². The molecular weight excluding hydrogens is 292 g/mol.